The first-order valence-electron chi connectivity index (χ1n) is 8.32. The summed E-state index contributed by atoms with van der Waals surface area (Å²) < 4.78 is 0. The van der Waals surface area contributed by atoms with Gasteiger partial charge < -0.3 is 4.90 Å². The molecule has 0 aromatic heterocycles. The van der Waals surface area contributed by atoms with Crippen LogP contribution in [0.2, 0.25) is 0 Å². The van der Waals surface area contributed by atoms with Crippen LogP contribution in [0, 0.1) is 5.92 Å². The van der Waals surface area contributed by atoms with Gasteiger partial charge in [-0.1, -0.05) is 33.1 Å². The van der Waals surface area contributed by atoms with Gasteiger partial charge in [0.25, 0.3) is 0 Å². The molecule has 0 aromatic carbocycles. The van der Waals surface area contributed by atoms with Gasteiger partial charge in [0, 0.05) is 6.04 Å². The van der Waals surface area contributed by atoms with E-state index in [2.05, 4.69) is 24.1 Å². The molecule has 1 N–H and O–H groups in total. The van der Waals surface area contributed by atoms with Gasteiger partial charge in [0.1, 0.15) is 0 Å². The molecule has 0 aromatic rings. The first kappa shape index (κ1) is 13.4. The molecular weight excluding hydrogens is 236 g/mol. The van der Waals surface area contributed by atoms with Crippen molar-refractivity contribution < 1.29 is 4.79 Å². The Bertz CT molecular complexity index is 345. The molecule has 108 valence electrons. The summed E-state index contributed by atoms with van der Waals surface area (Å²) >= 11 is 0. The van der Waals surface area contributed by atoms with E-state index in [0.29, 0.717) is 24.0 Å². The standard InChI is InChI=1S/C16H28N2O/c1-3-7-13(4-2)18-14(12-8-5-6-9-12)17-16(10-11-16)15(18)19/h12-14,17H,3-11H2,1-2H3. The Kier molecular flexibility index (Phi) is 3.59. The van der Waals surface area contributed by atoms with Crippen LogP contribution in [0.5, 0.6) is 0 Å². The van der Waals surface area contributed by atoms with E-state index in [0.717, 1.165) is 25.7 Å². The molecule has 19 heavy (non-hydrogen) atoms. The Morgan fingerprint density at radius 2 is 2.00 bits per heavy atom. The van der Waals surface area contributed by atoms with Crippen LogP contribution < -0.4 is 5.32 Å². The summed E-state index contributed by atoms with van der Waals surface area (Å²) in [6.45, 7) is 4.46. The second-order valence-electron chi connectivity index (χ2n) is 6.78. The molecule has 3 fully saturated rings. The van der Waals surface area contributed by atoms with Crippen LogP contribution in [0.3, 0.4) is 0 Å². The number of carbonyl (C=O) groups excluding carboxylic acids is 1. The van der Waals surface area contributed by atoms with Gasteiger partial charge in [-0.25, -0.2) is 0 Å². The highest BCUT2D eigenvalue weighted by Gasteiger charge is 2.61. The maximum atomic E-state index is 12.8. The van der Waals surface area contributed by atoms with E-state index in [1.54, 1.807) is 0 Å². The van der Waals surface area contributed by atoms with Gasteiger partial charge in [0.15, 0.2) is 0 Å². The van der Waals surface area contributed by atoms with E-state index in [-0.39, 0.29) is 5.54 Å². The fourth-order valence-corrected chi connectivity index (χ4v) is 4.16. The molecule has 3 aliphatic rings. The van der Waals surface area contributed by atoms with Gasteiger partial charge in [-0.05, 0) is 44.4 Å². The highest BCUT2D eigenvalue weighted by molar-refractivity contribution is 5.92. The van der Waals surface area contributed by atoms with Crippen molar-refractivity contribution >= 4 is 5.91 Å². The number of rotatable bonds is 5. The Labute approximate surface area is 117 Å². The highest BCUT2D eigenvalue weighted by atomic mass is 16.2. The predicted molar refractivity (Wildman–Crippen MR) is 76.7 cm³/mol. The Morgan fingerprint density at radius 1 is 1.32 bits per heavy atom. The molecule has 3 heteroatoms. The molecule has 3 rings (SSSR count). The van der Waals surface area contributed by atoms with Crippen LogP contribution in [0.4, 0.5) is 0 Å². The zero-order chi connectivity index (χ0) is 13.5. The van der Waals surface area contributed by atoms with Crippen molar-refractivity contribution in [3.8, 4) is 0 Å². The summed E-state index contributed by atoms with van der Waals surface area (Å²) in [7, 11) is 0. The van der Waals surface area contributed by atoms with Crippen molar-refractivity contribution in [2.24, 2.45) is 5.92 Å². The van der Waals surface area contributed by atoms with Crippen LogP contribution in [0.15, 0.2) is 0 Å². The lowest BCUT2D eigenvalue weighted by atomic mass is 10.0. The fraction of sp³-hybridized carbons (Fsp3) is 0.938. The largest absolute Gasteiger partial charge is 0.322 e. The molecule has 1 saturated heterocycles. The zero-order valence-electron chi connectivity index (χ0n) is 12.5. The Balaban J connectivity index is 1.81. The maximum absolute atomic E-state index is 12.8. The minimum absolute atomic E-state index is 0.131. The third kappa shape index (κ3) is 2.20. The van der Waals surface area contributed by atoms with Gasteiger partial charge in [0.05, 0.1) is 11.7 Å². The first-order valence-corrected chi connectivity index (χ1v) is 8.32. The van der Waals surface area contributed by atoms with Crippen LogP contribution in [-0.4, -0.2) is 28.6 Å². The zero-order valence-corrected chi connectivity index (χ0v) is 12.5. The molecule has 2 unspecified atom stereocenters. The number of nitrogens with one attached hydrogen (secondary N) is 1. The number of hydrogen-bond acceptors (Lipinski definition) is 2. The quantitative estimate of drug-likeness (QED) is 0.827. The molecule has 3 nitrogen and oxygen atoms in total. The monoisotopic (exact) mass is 264 g/mol. The van der Waals surface area contributed by atoms with Crippen molar-refractivity contribution in [1.82, 2.24) is 10.2 Å². The van der Waals surface area contributed by atoms with E-state index in [1.807, 2.05) is 0 Å². The normalized spacial score (nSPS) is 31.4. The van der Waals surface area contributed by atoms with Crippen LogP contribution in [0.25, 0.3) is 0 Å². The van der Waals surface area contributed by atoms with E-state index < -0.39 is 0 Å². The first-order chi connectivity index (χ1) is 9.22. The van der Waals surface area contributed by atoms with Crippen molar-refractivity contribution in [3.05, 3.63) is 0 Å². The number of hydrogen-bond donors (Lipinski definition) is 1. The molecule has 0 bridgehead atoms. The average Bonchev–Trinajstić information content (AvgIpc) is 2.88. The number of amides is 1. The van der Waals surface area contributed by atoms with Gasteiger partial charge in [-0.3, -0.25) is 10.1 Å². The predicted octanol–water partition coefficient (Wildman–Crippen LogP) is 3.05. The van der Waals surface area contributed by atoms with Crippen molar-refractivity contribution in [2.45, 2.75) is 89.4 Å². The van der Waals surface area contributed by atoms with Gasteiger partial charge in [-0.15, -0.1) is 0 Å². The molecule has 1 spiro atoms. The molecule has 2 aliphatic carbocycles. The smallest absolute Gasteiger partial charge is 0.244 e. The highest BCUT2D eigenvalue weighted by Crippen LogP contribution is 2.46. The summed E-state index contributed by atoms with van der Waals surface area (Å²) in [5, 5.41) is 3.73. The maximum Gasteiger partial charge on any atom is 0.244 e. The average molecular weight is 264 g/mol. The van der Waals surface area contributed by atoms with E-state index in [4.69, 9.17) is 0 Å². The van der Waals surface area contributed by atoms with Crippen LogP contribution >= 0.6 is 0 Å². The van der Waals surface area contributed by atoms with E-state index in [9.17, 15) is 4.79 Å². The Morgan fingerprint density at radius 3 is 2.53 bits per heavy atom. The van der Waals surface area contributed by atoms with Crippen LogP contribution in [0.1, 0.15) is 71.6 Å². The van der Waals surface area contributed by atoms with Crippen molar-refractivity contribution in [1.29, 1.82) is 0 Å². The number of carbonyl (C=O) groups is 1. The third-order valence-electron chi connectivity index (χ3n) is 5.45. The topological polar surface area (TPSA) is 32.3 Å². The molecule has 1 amide bonds. The lowest BCUT2D eigenvalue weighted by molar-refractivity contribution is -0.134. The molecule has 1 aliphatic heterocycles. The Hall–Kier alpha value is -0.570. The molecule has 2 saturated carbocycles. The van der Waals surface area contributed by atoms with E-state index >= 15 is 0 Å². The minimum atomic E-state index is -0.131. The second-order valence-corrected chi connectivity index (χ2v) is 6.78. The minimum Gasteiger partial charge on any atom is -0.322 e. The summed E-state index contributed by atoms with van der Waals surface area (Å²) in [5.74, 6) is 1.12. The fourth-order valence-electron chi connectivity index (χ4n) is 4.16. The summed E-state index contributed by atoms with van der Waals surface area (Å²) in [6, 6.07) is 0.454. The van der Waals surface area contributed by atoms with Gasteiger partial charge >= 0.3 is 0 Å². The lowest BCUT2D eigenvalue weighted by Gasteiger charge is -2.35. The molecular formula is C16H28N2O. The van der Waals surface area contributed by atoms with Crippen molar-refractivity contribution in [3.63, 3.8) is 0 Å². The van der Waals surface area contributed by atoms with Gasteiger partial charge in [-0.2, -0.15) is 0 Å². The van der Waals surface area contributed by atoms with Gasteiger partial charge in [0.2, 0.25) is 5.91 Å². The molecule has 0 radical (unpaired) electrons. The lowest BCUT2D eigenvalue weighted by Crippen LogP contribution is -2.47. The number of nitrogens with zero attached hydrogens (tertiary/aromatic N) is 1. The molecule has 2 atom stereocenters. The molecule has 1 heterocycles. The second kappa shape index (κ2) is 5.08. The summed E-state index contributed by atoms with van der Waals surface area (Å²) in [4.78, 5) is 15.1. The van der Waals surface area contributed by atoms with E-state index in [1.165, 1.54) is 32.1 Å². The third-order valence-corrected chi connectivity index (χ3v) is 5.45. The van der Waals surface area contributed by atoms with Crippen molar-refractivity contribution in [2.75, 3.05) is 0 Å². The SMILES string of the molecule is CCCC(CC)N1C(=O)C2(CC2)NC1C1CCCC1. The summed E-state index contributed by atoms with van der Waals surface area (Å²) in [6.07, 6.45) is 11.2. The summed E-state index contributed by atoms with van der Waals surface area (Å²) in [5.41, 5.74) is -0.131. The van der Waals surface area contributed by atoms with Crippen LogP contribution in [-0.2, 0) is 4.79 Å².